The van der Waals surface area contributed by atoms with E-state index in [0.29, 0.717) is 25.5 Å². The summed E-state index contributed by atoms with van der Waals surface area (Å²) in [6.45, 7) is 10.7. The number of amides is 1. The number of aryl methyl sites for hydroxylation is 1. The molecule has 0 spiro atoms. The summed E-state index contributed by atoms with van der Waals surface area (Å²) in [5, 5.41) is 9.22. The lowest BCUT2D eigenvalue weighted by Gasteiger charge is -2.15. The highest BCUT2D eigenvalue weighted by molar-refractivity contribution is 14.0. The van der Waals surface area contributed by atoms with E-state index in [1.165, 1.54) is 5.56 Å². The number of nitrogens with zero attached hydrogens (tertiary/aromatic N) is 1. The van der Waals surface area contributed by atoms with Gasteiger partial charge in [-0.25, -0.2) is 4.99 Å². The lowest BCUT2D eigenvalue weighted by molar-refractivity contribution is -0.120. The number of carbonyl (C=O) groups is 1. The fourth-order valence-electron chi connectivity index (χ4n) is 2.17. The third kappa shape index (κ3) is 11.2. The number of hydrogen-bond donors (Lipinski definition) is 3. The molecule has 1 rings (SSSR count). The van der Waals surface area contributed by atoms with E-state index in [1.807, 2.05) is 52.0 Å². The summed E-state index contributed by atoms with van der Waals surface area (Å²) in [4.78, 5) is 16.1. The van der Waals surface area contributed by atoms with Crippen molar-refractivity contribution in [3.05, 3.63) is 29.8 Å². The second kappa shape index (κ2) is 14.6. The van der Waals surface area contributed by atoms with Crippen LogP contribution in [0.1, 0.15) is 39.2 Å². The first-order chi connectivity index (χ1) is 12.0. The fraction of sp³-hybridized carbons (Fsp3) is 0.579. The van der Waals surface area contributed by atoms with Crippen molar-refractivity contribution in [3.8, 4) is 5.75 Å². The van der Waals surface area contributed by atoms with E-state index < -0.39 is 0 Å². The molecule has 3 N–H and O–H groups in total. The molecular weight excluding hydrogens is 443 g/mol. The van der Waals surface area contributed by atoms with Crippen molar-refractivity contribution < 1.29 is 9.53 Å². The van der Waals surface area contributed by atoms with E-state index in [2.05, 4.69) is 20.9 Å². The third-order valence-electron chi connectivity index (χ3n) is 3.39. The molecule has 1 atom stereocenters. The maximum absolute atomic E-state index is 11.6. The van der Waals surface area contributed by atoms with Gasteiger partial charge in [0.25, 0.3) is 0 Å². The maximum Gasteiger partial charge on any atom is 0.221 e. The molecule has 1 unspecified atom stereocenters. The Morgan fingerprint density at radius 1 is 1.19 bits per heavy atom. The van der Waals surface area contributed by atoms with Gasteiger partial charge in [-0.05, 0) is 44.9 Å². The maximum atomic E-state index is 11.6. The highest BCUT2D eigenvalue weighted by Gasteiger charge is 2.06. The highest BCUT2D eigenvalue weighted by atomic mass is 127. The number of hydrogen-bond acceptors (Lipinski definition) is 3. The molecule has 0 fully saturated rings. The minimum absolute atomic E-state index is 0. The van der Waals surface area contributed by atoms with E-state index in [4.69, 9.17) is 4.74 Å². The van der Waals surface area contributed by atoms with Gasteiger partial charge < -0.3 is 20.7 Å². The Hall–Kier alpha value is -1.51. The number of nitrogens with one attached hydrogen (secondary N) is 3. The molecule has 1 aromatic rings. The standard InChI is InChI=1S/C19H32N4O2.HI/c1-5-11-21-18(24)10-12-22-19(20-6-2)23-14-16(4)25-17-9-7-8-15(3)13-17;/h7-9,13,16H,5-6,10-12,14H2,1-4H3,(H,21,24)(H2,20,22,23);1H. The molecule has 0 aliphatic rings. The zero-order valence-electron chi connectivity index (χ0n) is 16.3. The van der Waals surface area contributed by atoms with Crippen molar-refractivity contribution in [1.82, 2.24) is 16.0 Å². The zero-order valence-corrected chi connectivity index (χ0v) is 18.6. The third-order valence-corrected chi connectivity index (χ3v) is 3.39. The van der Waals surface area contributed by atoms with Crippen LogP contribution in [0.4, 0.5) is 0 Å². The molecule has 0 radical (unpaired) electrons. The number of carbonyl (C=O) groups excluding carboxylic acids is 1. The van der Waals surface area contributed by atoms with Crippen LogP contribution >= 0.6 is 24.0 Å². The van der Waals surface area contributed by atoms with E-state index in [1.54, 1.807) is 0 Å². The molecule has 1 aromatic carbocycles. The van der Waals surface area contributed by atoms with Crippen LogP contribution in [0, 0.1) is 6.92 Å². The van der Waals surface area contributed by atoms with Crippen LogP contribution in [0.25, 0.3) is 0 Å². The molecular formula is C19H33IN4O2. The number of rotatable bonds is 10. The van der Waals surface area contributed by atoms with E-state index >= 15 is 0 Å². The lowest BCUT2D eigenvalue weighted by atomic mass is 10.2. The molecule has 26 heavy (non-hydrogen) atoms. The Kier molecular flexibility index (Phi) is 13.8. The van der Waals surface area contributed by atoms with E-state index in [0.717, 1.165) is 25.3 Å². The van der Waals surface area contributed by atoms with Crippen LogP contribution in [-0.4, -0.2) is 44.1 Å². The second-order valence-electron chi connectivity index (χ2n) is 5.99. The van der Waals surface area contributed by atoms with Gasteiger partial charge in [-0.15, -0.1) is 24.0 Å². The summed E-state index contributed by atoms with van der Waals surface area (Å²) in [5.41, 5.74) is 1.17. The van der Waals surface area contributed by atoms with Crippen molar-refractivity contribution in [2.75, 3.05) is 26.2 Å². The summed E-state index contributed by atoms with van der Waals surface area (Å²) < 4.78 is 5.88. The van der Waals surface area contributed by atoms with E-state index in [9.17, 15) is 4.79 Å². The van der Waals surface area contributed by atoms with E-state index in [-0.39, 0.29) is 36.0 Å². The average molecular weight is 476 g/mol. The van der Waals surface area contributed by atoms with Crippen LogP contribution in [0.15, 0.2) is 29.3 Å². The summed E-state index contributed by atoms with van der Waals surface area (Å²) in [7, 11) is 0. The first-order valence-corrected chi connectivity index (χ1v) is 9.07. The Labute approximate surface area is 174 Å². The van der Waals surface area contributed by atoms with Gasteiger partial charge in [0.15, 0.2) is 5.96 Å². The number of halogens is 1. The number of aliphatic imine (C=N–C) groups is 1. The Bertz CT molecular complexity index is 552. The highest BCUT2D eigenvalue weighted by Crippen LogP contribution is 2.14. The molecule has 0 aromatic heterocycles. The number of ether oxygens (including phenoxy) is 1. The quantitative estimate of drug-likeness (QED) is 0.276. The van der Waals surface area contributed by atoms with Crippen LogP contribution < -0.4 is 20.7 Å². The molecule has 0 saturated carbocycles. The lowest BCUT2D eigenvalue weighted by Crippen LogP contribution is -2.40. The minimum atomic E-state index is -0.0369. The van der Waals surface area contributed by atoms with Crippen molar-refractivity contribution in [2.45, 2.75) is 46.6 Å². The predicted molar refractivity (Wildman–Crippen MR) is 119 cm³/mol. The molecule has 1 amide bonds. The molecule has 7 heteroatoms. The smallest absolute Gasteiger partial charge is 0.221 e. The molecule has 0 saturated heterocycles. The molecule has 148 valence electrons. The summed E-state index contributed by atoms with van der Waals surface area (Å²) in [6.07, 6.45) is 1.34. The average Bonchev–Trinajstić information content (AvgIpc) is 2.58. The molecule has 0 aliphatic heterocycles. The van der Waals surface area contributed by atoms with Crippen LogP contribution in [-0.2, 0) is 4.79 Å². The minimum Gasteiger partial charge on any atom is -0.489 e. The van der Waals surface area contributed by atoms with Gasteiger partial charge >= 0.3 is 0 Å². The molecule has 6 nitrogen and oxygen atoms in total. The van der Waals surface area contributed by atoms with Crippen LogP contribution in [0.3, 0.4) is 0 Å². The molecule has 0 heterocycles. The Balaban J connectivity index is 0.00000625. The van der Waals surface area contributed by atoms with Crippen molar-refractivity contribution in [1.29, 1.82) is 0 Å². The van der Waals surface area contributed by atoms with Gasteiger partial charge in [0.2, 0.25) is 5.91 Å². The molecule has 0 bridgehead atoms. The van der Waals surface area contributed by atoms with Gasteiger partial charge in [0.1, 0.15) is 11.9 Å². The summed E-state index contributed by atoms with van der Waals surface area (Å²) >= 11 is 0. The van der Waals surface area contributed by atoms with Crippen molar-refractivity contribution in [3.63, 3.8) is 0 Å². The molecule has 0 aliphatic carbocycles. The number of guanidine groups is 1. The van der Waals surface area contributed by atoms with Gasteiger partial charge in [-0.1, -0.05) is 19.1 Å². The monoisotopic (exact) mass is 476 g/mol. The fourth-order valence-corrected chi connectivity index (χ4v) is 2.17. The Morgan fingerprint density at radius 3 is 2.62 bits per heavy atom. The van der Waals surface area contributed by atoms with Crippen LogP contribution in [0.2, 0.25) is 0 Å². The van der Waals surface area contributed by atoms with Crippen LogP contribution in [0.5, 0.6) is 5.75 Å². The van der Waals surface area contributed by atoms with Gasteiger partial charge in [-0.2, -0.15) is 0 Å². The zero-order chi connectivity index (χ0) is 18.5. The predicted octanol–water partition coefficient (Wildman–Crippen LogP) is 2.85. The van der Waals surface area contributed by atoms with Gasteiger partial charge in [0, 0.05) is 26.1 Å². The normalized spacial score (nSPS) is 11.9. The van der Waals surface area contributed by atoms with Crippen molar-refractivity contribution in [2.24, 2.45) is 4.99 Å². The van der Waals surface area contributed by atoms with Gasteiger partial charge in [0.05, 0.1) is 6.54 Å². The largest absolute Gasteiger partial charge is 0.489 e. The SMILES string of the molecule is CCCNC(=O)CCNC(=NCC(C)Oc1cccc(C)c1)NCC.I. The Morgan fingerprint density at radius 2 is 1.96 bits per heavy atom. The topological polar surface area (TPSA) is 74.8 Å². The number of benzene rings is 1. The first kappa shape index (κ1) is 24.5. The summed E-state index contributed by atoms with van der Waals surface area (Å²) in [6, 6.07) is 7.99. The second-order valence-corrected chi connectivity index (χ2v) is 5.99. The van der Waals surface area contributed by atoms with Gasteiger partial charge in [-0.3, -0.25) is 4.79 Å². The summed E-state index contributed by atoms with van der Waals surface area (Å²) in [5.74, 6) is 1.61. The first-order valence-electron chi connectivity index (χ1n) is 9.07. The van der Waals surface area contributed by atoms with Crippen molar-refractivity contribution >= 4 is 35.8 Å².